The Balaban J connectivity index is 2.18. The Bertz CT molecular complexity index is 532. The minimum Gasteiger partial charge on any atom is -0.399 e. The summed E-state index contributed by atoms with van der Waals surface area (Å²) in [6, 6.07) is 14.0. The molecule has 1 atom stereocenters. The number of hydrogen-bond donors (Lipinski definition) is 2. The molecule has 18 heavy (non-hydrogen) atoms. The van der Waals surface area contributed by atoms with Crippen LogP contribution < -0.4 is 11.1 Å². The van der Waals surface area contributed by atoms with Crippen LogP contribution in [0.3, 0.4) is 0 Å². The second kappa shape index (κ2) is 5.32. The Hall–Kier alpha value is -1.67. The van der Waals surface area contributed by atoms with Crippen LogP contribution in [0.25, 0.3) is 0 Å². The van der Waals surface area contributed by atoms with Crippen LogP contribution in [-0.2, 0) is 0 Å². The maximum atomic E-state index is 5.99. The van der Waals surface area contributed by atoms with Gasteiger partial charge in [0.2, 0.25) is 0 Å². The van der Waals surface area contributed by atoms with E-state index in [2.05, 4.69) is 24.4 Å². The van der Waals surface area contributed by atoms with Gasteiger partial charge in [-0.1, -0.05) is 23.7 Å². The van der Waals surface area contributed by atoms with E-state index >= 15 is 0 Å². The van der Waals surface area contributed by atoms with E-state index in [0.29, 0.717) is 0 Å². The lowest BCUT2D eigenvalue weighted by molar-refractivity contribution is 0.885. The number of hydrogen-bond acceptors (Lipinski definition) is 2. The number of aryl methyl sites for hydroxylation is 1. The molecule has 1 unspecified atom stereocenters. The summed E-state index contributed by atoms with van der Waals surface area (Å²) >= 11 is 5.99. The lowest BCUT2D eigenvalue weighted by atomic mass is 10.1. The average Bonchev–Trinajstić information content (AvgIpc) is 2.27. The molecular formula is C15H17ClN2. The molecule has 0 amide bonds. The summed E-state index contributed by atoms with van der Waals surface area (Å²) in [6.45, 7) is 4.13. The Labute approximate surface area is 113 Å². The highest BCUT2D eigenvalue weighted by Gasteiger charge is 2.06. The largest absolute Gasteiger partial charge is 0.399 e. The Morgan fingerprint density at radius 3 is 2.61 bits per heavy atom. The van der Waals surface area contributed by atoms with Crippen LogP contribution in [0.15, 0.2) is 42.5 Å². The number of nitrogens with one attached hydrogen (secondary N) is 1. The van der Waals surface area contributed by atoms with Crippen LogP contribution in [-0.4, -0.2) is 0 Å². The summed E-state index contributed by atoms with van der Waals surface area (Å²) in [6.07, 6.45) is 0. The number of benzene rings is 2. The van der Waals surface area contributed by atoms with Gasteiger partial charge >= 0.3 is 0 Å². The van der Waals surface area contributed by atoms with Crippen molar-refractivity contribution in [3.05, 3.63) is 58.6 Å². The van der Waals surface area contributed by atoms with Crippen LogP contribution in [0.5, 0.6) is 0 Å². The van der Waals surface area contributed by atoms with Gasteiger partial charge in [0.15, 0.2) is 0 Å². The van der Waals surface area contributed by atoms with E-state index < -0.39 is 0 Å². The molecule has 2 rings (SSSR count). The summed E-state index contributed by atoms with van der Waals surface area (Å²) in [5, 5.41) is 4.18. The lowest BCUT2D eigenvalue weighted by Gasteiger charge is -2.17. The van der Waals surface area contributed by atoms with Crippen molar-refractivity contribution >= 4 is 23.0 Å². The molecule has 0 aromatic heterocycles. The lowest BCUT2D eigenvalue weighted by Crippen LogP contribution is -2.07. The van der Waals surface area contributed by atoms with Crippen LogP contribution in [0.2, 0.25) is 5.02 Å². The van der Waals surface area contributed by atoms with Gasteiger partial charge in [-0.05, 0) is 55.3 Å². The van der Waals surface area contributed by atoms with E-state index in [1.165, 1.54) is 0 Å². The van der Waals surface area contributed by atoms with Gasteiger partial charge in [0.25, 0.3) is 0 Å². The fraction of sp³-hybridized carbons (Fsp3) is 0.200. The summed E-state index contributed by atoms with van der Waals surface area (Å²) < 4.78 is 0. The maximum absolute atomic E-state index is 5.99. The molecule has 0 spiro atoms. The van der Waals surface area contributed by atoms with Gasteiger partial charge in [0.05, 0.1) is 0 Å². The van der Waals surface area contributed by atoms with Crippen molar-refractivity contribution in [2.24, 2.45) is 0 Å². The first kappa shape index (κ1) is 12.8. The molecule has 0 fully saturated rings. The molecule has 3 heteroatoms. The first-order chi connectivity index (χ1) is 8.54. The van der Waals surface area contributed by atoms with Gasteiger partial charge in [-0.3, -0.25) is 0 Å². The van der Waals surface area contributed by atoms with Gasteiger partial charge < -0.3 is 11.1 Å². The molecule has 0 saturated carbocycles. The summed E-state index contributed by atoms with van der Waals surface area (Å²) in [7, 11) is 0. The fourth-order valence-electron chi connectivity index (χ4n) is 2.01. The standard InChI is InChI=1S/C15H17ClN2/c1-10-6-14(17)9-15(7-10)18-11(2)12-4-3-5-13(16)8-12/h3-9,11,18H,17H2,1-2H3. The molecule has 2 aromatic rings. The molecule has 0 bridgehead atoms. The van der Waals surface area contributed by atoms with E-state index in [4.69, 9.17) is 17.3 Å². The zero-order valence-corrected chi connectivity index (χ0v) is 11.3. The summed E-state index contributed by atoms with van der Waals surface area (Å²) in [5.74, 6) is 0. The molecule has 3 N–H and O–H groups in total. The normalized spacial score (nSPS) is 12.2. The minimum absolute atomic E-state index is 0.185. The quantitative estimate of drug-likeness (QED) is 0.803. The van der Waals surface area contributed by atoms with Crippen molar-refractivity contribution in [3.8, 4) is 0 Å². The molecule has 0 saturated heterocycles. The SMILES string of the molecule is Cc1cc(N)cc(NC(C)c2cccc(Cl)c2)c1. The van der Waals surface area contributed by atoms with Crippen LogP contribution in [0.4, 0.5) is 11.4 Å². The van der Waals surface area contributed by atoms with E-state index in [1.54, 1.807) is 0 Å². The predicted octanol–water partition coefficient (Wildman–Crippen LogP) is 4.40. The molecule has 94 valence electrons. The van der Waals surface area contributed by atoms with Crippen molar-refractivity contribution in [2.45, 2.75) is 19.9 Å². The third-order valence-corrected chi connectivity index (χ3v) is 3.07. The van der Waals surface area contributed by atoms with Crippen molar-refractivity contribution in [1.29, 1.82) is 0 Å². The fourth-order valence-corrected chi connectivity index (χ4v) is 2.20. The highest BCUT2D eigenvalue weighted by atomic mass is 35.5. The number of anilines is 2. The maximum Gasteiger partial charge on any atom is 0.0486 e. The summed E-state index contributed by atoms with van der Waals surface area (Å²) in [4.78, 5) is 0. The second-order valence-corrected chi connectivity index (χ2v) is 4.99. The predicted molar refractivity (Wildman–Crippen MR) is 79.1 cm³/mol. The topological polar surface area (TPSA) is 38.0 Å². The molecule has 0 heterocycles. The van der Waals surface area contributed by atoms with Crippen molar-refractivity contribution < 1.29 is 0 Å². The van der Waals surface area contributed by atoms with Gasteiger partial charge in [0, 0.05) is 22.4 Å². The first-order valence-electron chi connectivity index (χ1n) is 5.94. The molecule has 2 aromatic carbocycles. The molecular weight excluding hydrogens is 244 g/mol. The minimum atomic E-state index is 0.185. The van der Waals surface area contributed by atoms with Crippen LogP contribution in [0, 0.1) is 6.92 Å². The molecule has 2 nitrogen and oxygen atoms in total. The Morgan fingerprint density at radius 2 is 1.94 bits per heavy atom. The Kier molecular flexibility index (Phi) is 3.78. The molecule has 0 aliphatic carbocycles. The monoisotopic (exact) mass is 260 g/mol. The zero-order valence-electron chi connectivity index (χ0n) is 10.6. The third-order valence-electron chi connectivity index (χ3n) is 2.83. The second-order valence-electron chi connectivity index (χ2n) is 4.55. The number of rotatable bonds is 3. The number of nitrogen functional groups attached to an aromatic ring is 1. The van der Waals surface area contributed by atoms with E-state index in [-0.39, 0.29) is 6.04 Å². The van der Waals surface area contributed by atoms with E-state index in [9.17, 15) is 0 Å². The highest BCUT2D eigenvalue weighted by Crippen LogP contribution is 2.23. The third kappa shape index (κ3) is 3.17. The van der Waals surface area contributed by atoms with E-state index in [0.717, 1.165) is 27.5 Å². The number of nitrogens with two attached hydrogens (primary N) is 1. The number of halogens is 1. The first-order valence-corrected chi connectivity index (χ1v) is 6.31. The van der Waals surface area contributed by atoms with Crippen molar-refractivity contribution in [2.75, 3.05) is 11.1 Å². The van der Waals surface area contributed by atoms with Crippen LogP contribution >= 0.6 is 11.6 Å². The zero-order chi connectivity index (χ0) is 13.1. The van der Waals surface area contributed by atoms with Gasteiger partial charge in [0.1, 0.15) is 0 Å². The smallest absolute Gasteiger partial charge is 0.0486 e. The summed E-state index contributed by atoms with van der Waals surface area (Å²) in [5.41, 5.74) is 9.94. The van der Waals surface area contributed by atoms with Crippen LogP contribution in [0.1, 0.15) is 24.1 Å². The van der Waals surface area contributed by atoms with Crippen molar-refractivity contribution in [3.63, 3.8) is 0 Å². The Morgan fingerprint density at radius 1 is 1.17 bits per heavy atom. The molecule has 0 radical (unpaired) electrons. The molecule has 0 aliphatic heterocycles. The van der Waals surface area contributed by atoms with Crippen molar-refractivity contribution in [1.82, 2.24) is 0 Å². The average molecular weight is 261 g/mol. The van der Waals surface area contributed by atoms with Gasteiger partial charge in [-0.2, -0.15) is 0 Å². The van der Waals surface area contributed by atoms with Gasteiger partial charge in [-0.15, -0.1) is 0 Å². The highest BCUT2D eigenvalue weighted by molar-refractivity contribution is 6.30. The molecule has 0 aliphatic rings. The van der Waals surface area contributed by atoms with E-state index in [1.807, 2.05) is 37.3 Å². The van der Waals surface area contributed by atoms with Gasteiger partial charge in [-0.25, -0.2) is 0 Å².